The molecule has 0 fully saturated rings. The molecule has 0 aliphatic rings. The molecule has 0 radical (unpaired) electrons. The molecule has 15 heavy (non-hydrogen) atoms. The first kappa shape index (κ1) is 31.6. The van der Waals surface area contributed by atoms with Crippen molar-refractivity contribution in [3.8, 4) is 0 Å². The summed E-state index contributed by atoms with van der Waals surface area (Å²) < 4.78 is 20.2. The Kier molecular flexibility index (Phi) is 28.0. The maximum Gasteiger partial charge on any atom is 1.00 e. The second kappa shape index (κ2) is 13.3. The van der Waals surface area contributed by atoms with Gasteiger partial charge in [0.25, 0.3) is 0 Å². The van der Waals surface area contributed by atoms with E-state index < -0.39 is 27.0 Å². The van der Waals surface area contributed by atoms with Crippen LogP contribution in [-0.2, 0) is 9.13 Å². The van der Waals surface area contributed by atoms with Gasteiger partial charge in [-0.2, -0.15) is 0 Å². The van der Waals surface area contributed by atoms with Gasteiger partial charge < -0.3 is 28.7 Å². The zero-order valence-electron chi connectivity index (χ0n) is 9.63. The number of hydrogen-bond donors (Lipinski definition) is 0. The molecule has 0 saturated heterocycles. The van der Waals surface area contributed by atoms with E-state index in [1.807, 2.05) is 0 Å². The van der Waals surface area contributed by atoms with Crippen molar-refractivity contribution in [2.75, 3.05) is 0 Å². The average molecular weight is 292 g/mol. The van der Waals surface area contributed by atoms with Gasteiger partial charge in [0.2, 0.25) is 0 Å². The van der Waals surface area contributed by atoms with Gasteiger partial charge in [-0.25, -0.2) is 0 Å². The summed E-state index contributed by atoms with van der Waals surface area (Å²) in [5.74, 6) is 0. The summed E-state index contributed by atoms with van der Waals surface area (Å²) >= 11 is 0. The summed E-state index contributed by atoms with van der Waals surface area (Å²) in [6.07, 6.45) is -0.492. The maximum atomic E-state index is 10.1. The van der Waals surface area contributed by atoms with Gasteiger partial charge in [-0.1, -0.05) is 22.1 Å². The molecule has 0 aromatic rings. The normalized spacial score (nSPS) is 10.3. The molecule has 0 spiro atoms. The topological polar surface area (TPSA) is 126 Å². The fraction of sp³-hybridized carbons (Fsp3) is 1.00. The van der Waals surface area contributed by atoms with Crippen LogP contribution in [0.15, 0.2) is 0 Å². The first-order valence-electron chi connectivity index (χ1n) is 2.73. The smallest absolute Gasteiger partial charge is 0.810 e. The molecule has 12 heteroatoms. The van der Waals surface area contributed by atoms with E-state index >= 15 is 0 Å². The second-order valence-electron chi connectivity index (χ2n) is 1.97. The van der Waals surface area contributed by atoms with Gasteiger partial charge in [-0.05, 0) is 6.42 Å². The van der Waals surface area contributed by atoms with Crippen LogP contribution in [0, 0.1) is 0 Å². The average Bonchev–Trinajstić information content (AvgIpc) is 1.56. The fourth-order valence-electron chi connectivity index (χ4n) is 0.620. The predicted molar refractivity (Wildman–Crippen MR) is 29.3 cm³/mol. The van der Waals surface area contributed by atoms with Gasteiger partial charge in [0.15, 0.2) is 0 Å². The van der Waals surface area contributed by atoms with Crippen LogP contribution in [0.2, 0.25) is 0 Å². The number of hydrogen-bond acceptors (Lipinski definition) is 6. The molecule has 0 aromatic heterocycles. The molecule has 0 aliphatic carbocycles. The van der Waals surface area contributed by atoms with E-state index in [4.69, 9.17) is 0 Å². The van der Waals surface area contributed by atoms with Crippen LogP contribution in [-0.4, -0.2) is 5.40 Å². The van der Waals surface area contributed by atoms with Crippen LogP contribution in [0.4, 0.5) is 0 Å². The molecule has 0 amide bonds. The van der Waals surface area contributed by atoms with Crippen LogP contribution in [0.25, 0.3) is 0 Å². The van der Waals surface area contributed by atoms with Crippen LogP contribution in [0.1, 0.15) is 13.3 Å². The van der Waals surface area contributed by atoms with Crippen molar-refractivity contribution in [1.82, 2.24) is 0 Å². The Morgan fingerprint density at radius 3 is 1.07 bits per heavy atom. The van der Waals surface area contributed by atoms with Crippen molar-refractivity contribution in [2.24, 2.45) is 0 Å². The molecule has 0 aliphatic heterocycles. The third-order valence-corrected chi connectivity index (χ3v) is 4.98. The standard InChI is InChI=1S/C3H10O6P2.4Na/c1-2-3(10(4,5)6)11(7,8)9;;;;/h3H,2H2,1H3,(H2,4,5,6)(H2,7,8,9);;;;/q;4*+1/p-4. The molecular formula is C3H6Na4O6P2. The molecule has 0 heterocycles. The molecule has 0 bridgehead atoms. The van der Waals surface area contributed by atoms with Crippen LogP contribution < -0.4 is 138 Å². The van der Waals surface area contributed by atoms with E-state index in [1.165, 1.54) is 0 Å². The van der Waals surface area contributed by atoms with E-state index in [9.17, 15) is 28.7 Å². The van der Waals surface area contributed by atoms with Gasteiger partial charge in [-0.15, -0.1) is 0 Å². The minimum atomic E-state index is -5.29. The summed E-state index contributed by atoms with van der Waals surface area (Å²) in [6, 6.07) is 0. The van der Waals surface area contributed by atoms with Crippen LogP contribution >= 0.6 is 15.2 Å². The van der Waals surface area contributed by atoms with Crippen molar-refractivity contribution in [1.29, 1.82) is 0 Å². The Labute approximate surface area is 177 Å². The fourth-order valence-corrected chi connectivity index (χ4v) is 2.90. The largest absolute Gasteiger partial charge is 1.00 e. The monoisotopic (exact) mass is 292 g/mol. The van der Waals surface area contributed by atoms with Crippen molar-refractivity contribution in [3.05, 3.63) is 0 Å². The van der Waals surface area contributed by atoms with E-state index in [0.717, 1.165) is 6.92 Å². The third-order valence-electron chi connectivity index (χ3n) is 1.10. The first-order valence-corrected chi connectivity index (χ1v) is 5.95. The zero-order chi connectivity index (χ0) is 9.28. The third kappa shape index (κ3) is 14.5. The number of rotatable bonds is 3. The van der Waals surface area contributed by atoms with Gasteiger partial charge in [0.05, 0.1) is 0 Å². The summed E-state index contributed by atoms with van der Waals surface area (Å²) in [5, 5.41) is -2.30. The van der Waals surface area contributed by atoms with Crippen molar-refractivity contribution in [2.45, 2.75) is 18.7 Å². The predicted octanol–water partition coefficient (Wildman–Crippen LogP) is -14.4. The molecule has 0 aromatic carbocycles. The Morgan fingerprint density at radius 2 is 1.07 bits per heavy atom. The Balaban J connectivity index is -0.0000000833. The molecular weight excluding hydrogens is 286 g/mol. The van der Waals surface area contributed by atoms with E-state index in [0.29, 0.717) is 0 Å². The maximum absolute atomic E-state index is 10.1. The quantitative estimate of drug-likeness (QED) is 0.375. The van der Waals surface area contributed by atoms with E-state index in [2.05, 4.69) is 0 Å². The molecule has 0 N–H and O–H groups in total. The summed E-state index contributed by atoms with van der Waals surface area (Å²) in [6.45, 7) is 1.15. The minimum Gasteiger partial charge on any atom is -0.810 e. The van der Waals surface area contributed by atoms with Crippen LogP contribution in [0.5, 0.6) is 0 Å². The van der Waals surface area contributed by atoms with Crippen LogP contribution in [0.3, 0.4) is 0 Å². The summed E-state index contributed by atoms with van der Waals surface area (Å²) in [4.78, 5) is 40.4. The Bertz CT molecular complexity index is 202. The molecule has 6 nitrogen and oxygen atoms in total. The first-order chi connectivity index (χ1) is 4.69. The summed E-state index contributed by atoms with van der Waals surface area (Å²) in [7, 11) is -10.6. The molecule has 0 atom stereocenters. The van der Waals surface area contributed by atoms with Crippen molar-refractivity contribution < 1.29 is 147 Å². The zero-order valence-corrected chi connectivity index (χ0v) is 19.4. The molecule has 0 rings (SSSR count). The van der Waals surface area contributed by atoms with E-state index in [1.54, 1.807) is 0 Å². The van der Waals surface area contributed by atoms with Crippen molar-refractivity contribution >= 4 is 15.2 Å². The summed E-state index contributed by atoms with van der Waals surface area (Å²) in [5.41, 5.74) is 0. The SMILES string of the molecule is CCC(P(=O)([O-])[O-])P(=O)([O-])[O-].[Na+].[Na+].[Na+].[Na+]. The van der Waals surface area contributed by atoms with E-state index in [-0.39, 0.29) is 118 Å². The second-order valence-corrected chi connectivity index (χ2v) is 5.78. The van der Waals surface area contributed by atoms with Gasteiger partial charge in [0, 0.05) is 5.40 Å². The van der Waals surface area contributed by atoms with Crippen molar-refractivity contribution in [3.63, 3.8) is 0 Å². The van der Waals surface area contributed by atoms with Gasteiger partial charge >= 0.3 is 118 Å². The minimum absolute atomic E-state index is 0. The van der Waals surface area contributed by atoms with Gasteiger partial charge in [-0.3, -0.25) is 0 Å². The molecule has 0 unspecified atom stereocenters. The van der Waals surface area contributed by atoms with Gasteiger partial charge in [0.1, 0.15) is 0 Å². The Morgan fingerprint density at radius 1 is 0.867 bits per heavy atom. The molecule has 0 saturated carbocycles. The Hall–Kier alpha value is 4.30. The molecule has 68 valence electrons.